The van der Waals surface area contributed by atoms with E-state index in [1.165, 1.54) is 6.07 Å². The summed E-state index contributed by atoms with van der Waals surface area (Å²) >= 11 is 0. The molecule has 2 aromatic heterocycles. The van der Waals surface area contributed by atoms with Crippen LogP contribution in [0.5, 0.6) is 0 Å². The third kappa shape index (κ3) is 5.72. The van der Waals surface area contributed by atoms with Crippen molar-refractivity contribution in [2.45, 2.75) is 25.9 Å². The number of hydrogen-bond acceptors (Lipinski definition) is 4. The highest BCUT2D eigenvalue weighted by molar-refractivity contribution is 14.0. The van der Waals surface area contributed by atoms with Gasteiger partial charge in [0, 0.05) is 44.3 Å². The first-order valence-corrected chi connectivity index (χ1v) is 10.2. The van der Waals surface area contributed by atoms with Crippen LogP contribution >= 0.6 is 24.0 Å². The SMILES string of the molecule is CCNC(=NCc1ccccc1-n1ccnc1)NC1CCN(c2ncccc2F)C1.I. The first-order valence-electron chi connectivity index (χ1n) is 10.2. The van der Waals surface area contributed by atoms with Gasteiger partial charge in [-0.15, -0.1) is 24.0 Å². The van der Waals surface area contributed by atoms with Crippen LogP contribution in [0.1, 0.15) is 18.9 Å². The second-order valence-corrected chi connectivity index (χ2v) is 7.18. The highest BCUT2D eigenvalue weighted by atomic mass is 127. The molecule has 1 saturated heterocycles. The van der Waals surface area contributed by atoms with Crippen LogP contribution in [0.4, 0.5) is 10.2 Å². The molecule has 1 aromatic carbocycles. The Hall–Kier alpha value is -2.69. The molecule has 9 heteroatoms. The maximum Gasteiger partial charge on any atom is 0.191 e. The lowest BCUT2D eigenvalue weighted by atomic mass is 10.2. The van der Waals surface area contributed by atoms with Crippen molar-refractivity contribution in [2.75, 3.05) is 24.5 Å². The van der Waals surface area contributed by atoms with Gasteiger partial charge in [-0.05, 0) is 37.1 Å². The van der Waals surface area contributed by atoms with E-state index in [9.17, 15) is 4.39 Å². The van der Waals surface area contributed by atoms with E-state index < -0.39 is 0 Å². The largest absolute Gasteiger partial charge is 0.357 e. The lowest BCUT2D eigenvalue weighted by Crippen LogP contribution is -2.44. The molecule has 2 N–H and O–H groups in total. The lowest BCUT2D eigenvalue weighted by molar-refractivity contribution is 0.612. The van der Waals surface area contributed by atoms with Gasteiger partial charge in [-0.2, -0.15) is 0 Å². The summed E-state index contributed by atoms with van der Waals surface area (Å²) in [5, 5.41) is 6.80. The van der Waals surface area contributed by atoms with Crippen molar-refractivity contribution in [3.05, 3.63) is 72.7 Å². The van der Waals surface area contributed by atoms with Gasteiger partial charge in [-0.1, -0.05) is 18.2 Å². The third-order valence-corrected chi connectivity index (χ3v) is 5.09. The van der Waals surface area contributed by atoms with Crippen molar-refractivity contribution in [3.8, 4) is 5.69 Å². The Morgan fingerprint density at radius 3 is 2.87 bits per heavy atom. The average molecular weight is 535 g/mol. The summed E-state index contributed by atoms with van der Waals surface area (Å²) in [4.78, 5) is 15.1. The standard InChI is InChI=1S/C22H26FN7.HI/c1-2-25-22(27-14-17-6-3-4-8-20(17)30-13-11-24-16-30)28-18-9-12-29(15-18)21-19(23)7-5-10-26-21;/h3-8,10-11,13,16,18H,2,9,12,14-15H2,1H3,(H2,25,27,28);1H. The molecule has 0 amide bonds. The highest BCUT2D eigenvalue weighted by Crippen LogP contribution is 2.21. The second kappa shape index (κ2) is 11.1. The molecule has 7 nitrogen and oxygen atoms in total. The van der Waals surface area contributed by atoms with E-state index in [2.05, 4.69) is 32.7 Å². The lowest BCUT2D eigenvalue weighted by Gasteiger charge is -2.20. The zero-order valence-corrected chi connectivity index (χ0v) is 19.7. The van der Waals surface area contributed by atoms with E-state index in [0.29, 0.717) is 18.9 Å². The average Bonchev–Trinajstić information content (AvgIpc) is 3.45. The number of nitrogens with one attached hydrogen (secondary N) is 2. The van der Waals surface area contributed by atoms with Crippen LogP contribution < -0.4 is 15.5 Å². The minimum Gasteiger partial charge on any atom is -0.357 e. The molecule has 0 radical (unpaired) electrons. The summed E-state index contributed by atoms with van der Waals surface area (Å²) in [6.45, 7) is 4.79. The molecule has 4 rings (SSSR count). The topological polar surface area (TPSA) is 70.4 Å². The fourth-order valence-corrected chi connectivity index (χ4v) is 3.66. The number of aliphatic imine (C=N–C) groups is 1. The van der Waals surface area contributed by atoms with Gasteiger partial charge < -0.3 is 20.1 Å². The molecule has 31 heavy (non-hydrogen) atoms. The van der Waals surface area contributed by atoms with Gasteiger partial charge in [0.1, 0.15) is 0 Å². The summed E-state index contributed by atoms with van der Waals surface area (Å²) < 4.78 is 16.0. The maximum atomic E-state index is 14.0. The Kier molecular flexibility index (Phi) is 8.21. The van der Waals surface area contributed by atoms with Crippen molar-refractivity contribution in [3.63, 3.8) is 0 Å². The fourth-order valence-electron chi connectivity index (χ4n) is 3.66. The van der Waals surface area contributed by atoms with Crippen molar-refractivity contribution in [1.29, 1.82) is 0 Å². The van der Waals surface area contributed by atoms with Crippen molar-refractivity contribution in [1.82, 2.24) is 25.2 Å². The molecule has 1 atom stereocenters. The number of halogens is 2. The molecule has 164 valence electrons. The number of guanidine groups is 1. The van der Waals surface area contributed by atoms with Gasteiger partial charge in [0.05, 0.1) is 18.6 Å². The molecule has 3 heterocycles. The van der Waals surface area contributed by atoms with Gasteiger partial charge in [0.15, 0.2) is 17.6 Å². The molecule has 0 aliphatic carbocycles. The van der Waals surface area contributed by atoms with Crippen LogP contribution in [0.3, 0.4) is 0 Å². The first-order chi connectivity index (χ1) is 14.7. The molecule has 1 unspecified atom stereocenters. The smallest absolute Gasteiger partial charge is 0.191 e. The Bertz CT molecular complexity index is 993. The number of pyridine rings is 1. The number of nitrogens with zero attached hydrogens (tertiary/aromatic N) is 5. The number of benzene rings is 1. The summed E-state index contributed by atoms with van der Waals surface area (Å²) in [6, 6.07) is 11.4. The van der Waals surface area contributed by atoms with Crippen molar-refractivity contribution >= 4 is 35.8 Å². The van der Waals surface area contributed by atoms with Gasteiger partial charge in [-0.3, -0.25) is 0 Å². The summed E-state index contributed by atoms with van der Waals surface area (Å²) in [7, 11) is 0. The van der Waals surface area contributed by atoms with E-state index in [0.717, 1.165) is 36.7 Å². The van der Waals surface area contributed by atoms with Crippen LogP contribution in [0.25, 0.3) is 5.69 Å². The minimum absolute atomic E-state index is 0. The molecule has 1 aliphatic heterocycles. The fraction of sp³-hybridized carbons (Fsp3) is 0.318. The van der Waals surface area contributed by atoms with E-state index >= 15 is 0 Å². The summed E-state index contributed by atoms with van der Waals surface area (Å²) in [5.41, 5.74) is 2.17. The predicted molar refractivity (Wildman–Crippen MR) is 132 cm³/mol. The van der Waals surface area contributed by atoms with E-state index in [-0.39, 0.29) is 35.8 Å². The van der Waals surface area contributed by atoms with Gasteiger partial charge >= 0.3 is 0 Å². The quantitative estimate of drug-likeness (QED) is 0.288. The Morgan fingerprint density at radius 1 is 1.23 bits per heavy atom. The number of rotatable bonds is 6. The number of hydrogen-bond donors (Lipinski definition) is 2. The maximum absolute atomic E-state index is 14.0. The zero-order valence-electron chi connectivity index (χ0n) is 17.4. The van der Waals surface area contributed by atoms with E-state index in [1.54, 1.807) is 24.8 Å². The Labute approximate surface area is 198 Å². The molecule has 0 spiro atoms. The Balaban J connectivity index is 0.00000272. The molecule has 1 aliphatic rings. The van der Waals surface area contributed by atoms with Gasteiger partial charge in [-0.25, -0.2) is 19.4 Å². The molecular weight excluding hydrogens is 508 g/mol. The third-order valence-electron chi connectivity index (χ3n) is 5.09. The van der Waals surface area contributed by atoms with Crippen molar-refractivity contribution in [2.24, 2.45) is 4.99 Å². The van der Waals surface area contributed by atoms with Crippen LogP contribution in [0.2, 0.25) is 0 Å². The number of aromatic nitrogens is 3. The van der Waals surface area contributed by atoms with E-state index in [1.807, 2.05) is 34.7 Å². The van der Waals surface area contributed by atoms with Crippen LogP contribution in [-0.4, -0.2) is 46.2 Å². The van der Waals surface area contributed by atoms with Gasteiger partial charge in [0.2, 0.25) is 0 Å². The van der Waals surface area contributed by atoms with Gasteiger partial charge in [0.25, 0.3) is 0 Å². The molecule has 0 bridgehead atoms. The van der Waals surface area contributed by atoms with Crippen molar-refractivity contribution < 1.29 is 4.39 Å². The molecular formula is C22H27FIN7. The zero-order chi connectivity index (χ0) is 20.8. The Morgan fingerprint density at radius 2 is 2.10 bits per heavy atom. The highest BCUT2D eigenvalue weighted by Gasteiger charge is 2.25. The normalized spacial score (nSPS) is 16.1. The van der Waals surface area contributed by atoms with Crippen LogP contribution in [0, 0.1) is 5.82 Å². The minimum atomic E-state index is -0.283. The summed E-state index contributed by atoms with van der Waals surface area (Å²) in [5.74, 6) is 0.888. The number of anilines is 1. The first kappa shape index (κ1) is 23.0. The monoisotopic (exact) mass is 535 g/mol. The number of para-hydroxylation sites is 1. The number of imidazole rings is 1. The molecule has 3 aromatic rings. The van der Waals surface area contributed by atoms with Crippen LogP contribution in [0.15, 0.2) is 66.3 Å². The predicted octanol–water partition coefficient (Wildman–Crippen LogP) is 3.36. The van der Waals surface area contributed by atoms with Crippen LogP contribution in [-0.2, 0) is 6.54 Å². The molecule has 0 saturated carbocycles. The summed E-state index contributed by atoms with van der Waals surface area (Å²) in [6.07, 6.45) is 8.00. The van der Waals surface area contributed by atoms with E-state index in [4.69, 9.17) is 4.99 Å². The second-order valence-electron chi connectivity index (χ2n) is 7.18. The molecule has 1 fully saturated rings.